The number of hydrogen-bond donors (Lipinski definition) is 0. The average Bonchev–Trinajstić information content (AvgIpc) is 3.25. The lowest BCUT2D eigenvalue weighted by atomic mass is 9.67. The largest absolute Gasteiger partial charge is 0.497 e. The molecule has 1 saturated heterocycles. The van der Waals surface area contributed by atoms with Crippen molar-refractivity contribution >= 4 is 50.7 Å². The molecule has 3 aromatic carbocycles. The van der Waals surface area contributed by atoms with Gasteiger partial charge < -0.3 is 23.5 Å². The van der Waals surface area contributed by atoms with Crippen LogP contribution >= 0.6 is 0 Å². The van der Waals surface area contributed by atoms with Crippen molar-refractivity contribution in [2.45, 2.75) is 148 Å². The van der Waals surface area contributed by atoms with E-state index in [4.69, 9.17) is 23.6 Å². The summed E-state index contributed by atoms with van der Waals surface area (Å²) >= 11 is 0. The van der Waals surface area contributed by atoms with E-state index < -0.39 is 32.9 Å². The minimum Gasteiger partial charge on any atom is -0.497 e. The average molecular weight is 771 g/mol. The molecule has 9 heteroatoms. The molecule has 294 valence electrons. The number of esters is 1. The van der Waals surface area contributed by atoms with Crippen molar-refractivity contribution in [3.05, 3.63) is 54.1 Å². The van der Waals surface area contributed by atoms with Crippen LogP contribution in [0.4, 0.5) is 11.4 Å². The van der Waals surface area contributed by atoms with Gasteiger partial charge in [-0.25, -0.2) is 0 Å². The Bertz CT molecular complexity index is 1990. The third-order valence-electron chi connectivity index (χ3n) is 14.9. The Balaban J connectivity index is 1.21. The molecule has 3 atom stereocenters. The van der Waals surface area contributed by atoms with Gasteiger partial charge in [0, 0.05) is 23.3 Å². The summed E-state index contributed by atoms with van der Waals surface area (Å²) in [5.41, 5.74) is 0.868. The van der Waals surface area contributed by atoms with Gasteiger partial charge in [-0.1, -0.05) is 71.8 Å². The molecule has 1 fully saturated rings. The molecule has 0 bridgehead atoms. The highest BCUT2D eigenvalue weighted by atomic mass is 28.4. The van der Waals surface area contributed by atoms with Gasteiger partial charge in [0.1, 0.15) is 22.9 Å². The van der Waals surface area contributed by atoms with Gasteiger partial charge in [-0.2, -0.15) is 0 Å². The predicted molar refractivity (Wildman–Crippen MR) is 229 cm³/mol. The number of hydrogen-bond acceptors (Lipinski definition) is 7. The summed E-state index contributed by atoms with van der Waals surface area (Å²) in [5, 5.41) is 1.83. The number of rotatable bonds is 12. The Labute approximate surface area is 327 Å². The van der Waals surface area contributed by atoms with E-state index in [1.54, 1.807) is 7.11 Å². The van der Waals surface area contributed by atoms with Crippen molar-refractivity contribution in [2.24, 2.45) is 15.8 Å². The Kier molecular flexibility index (Phi) is 9.92. The first-order chi connectivity index (χ1) is 24.9. The number of fused-ring (bicyclic) bond motifs is 4. The van der Waals surface area contributed by atoms with E-state index in [1.807, 2.05) is 50.4 Å². The van der Waals surface area contributed by atoms with Gasteiger partial charge in [-0.15, -0.1) is 0 Å². The number of nitrogens with zero attached hydrogens (tertiary/aromatic N) is 2. The van der Waals surface area contributed by atoms with Crippen molar-refractivity contribution in [1.29, 1.82) is 0 Å². The zero-order valence-electron chi connectivity index (χ0n) is 35.9. The van der Waals surface area contributed by atoms with Crippen LogP contribution in [0.5, 0.6) is 17.2 Å². The molecular weight excluding hydrogens is 705 g/mol. The lowest BCUT2D eigenvalue weighted by Crippen LogP contribution is -2.67. The van der Waals surface area contributed by atoms with Crippen LogP contribution in [0.2, 0.25) is 36.8 Å². The summed E-state index contributed by atoms with van der Waals surface area (Å²) in [6.07, 6.45) is 6.27. The molecular formula is C45H66N2O5Si2. The minimum absolute atomic E-state index is 0.0385. The third-order valence-corrected chi connectivity index (χ3v) is 25.5. The van der Waals surface area contributed by atoms with E-state index in [0.29, 0.717) is 17.9 Å². The highest BCUT2D eigenvalue weighted by molar-refractivity contribution is 6.83. The number of carbonyl (C=O) groups is 1. The van der Waals surface area contributed by atoms with Crippen LogP contribution in [-0.4, -0.2) is 53.7 Å². The maximum absolute atomic E-state index is 14.1. The number of unbranched alkanes of at least 4 members (excludes halogenated alkanes) is 1. The van der Waals surface area contributed by atoms with Crippen LogP contribution in [0, 0.1) is 10.8 Å². The number of anilines is 1. The van der Waals surface area contributed by atoms with E-state index in [1.165, 1.54) is 24.9 Å². The summed E-state index contributed by atoms with van der Waals surface area (Å²) in [4.78, 5) is 21.4. The summed E-state index contributed by atoms with van der Waals surface area (Å²) in [5.74, 6) is 1.80. The maximum atomic E-state index is 14.1. The normalized spacial score (nSPS) is 24.9. The molecule has 7 nitrogen and oxygen atoms in total. The van der Waals surface area contributed by atoms with Gasteiger partial charge in [0.25, 0.3) is 0 Å². The van der Waals surface area contributed by atoms with Gasteiger partial charge in [-0.3, -0.25) is 9.79 Å². The minimum atomic E-state index is -2.12. The lowest BCUT2D eigenvalue weighted by molar-refractivity contribution is -0.146. The molecule has 3 unspecified atom stereocenters. The second-order valence-electron chi connectivity index (χ2n) is 19.9. The molecule has 0 radical (unpaired) electrons. The second-order valence-corrected chi connectivity index (χ2v) is 29.7. The molecule has 0 aliphatic carbocycles. The van der Waals surface area contributed by atoms with Crippen LogP contribution in [0.1, 0.15) is 100 Å². The number of methoxy groups -OCH3 is 1. The topological polar surface area (TPSA) is 69.6 Å². The molecule has 0 aromatic heterocycles. The highest BCUT2D eigenvalue weighted by Crippen LogP contribution is 2.69. The zero-order chi connectivity index (χ0) is 39.9. The predicted octanol–water partition coefficient (Wildman–Crippen LogP) is 12.0. The monoisotopic (exact) mass is 770 g/mol. The number of benzene rings is 3. The maximum Gasteiger partial charge on any atom is 0.316 e. The first kappa shape index (κ1) is 40.5. The first-order valence-electron chi connectivity index (χ1n) is 20.1. The van der Waals surface area contributed by atoms with Gasteiger partial charge in [0.15, 0.2) is 8.32 Å². The van der Waals surface area contributed by atoms with Crippen LogP contribution in [0.25, 0.3) is 10.8 Å². The molecule has 0 N–H and O–H groups in total. The van der Waals surface area contributed by atoms with Gasteiger partial charge >= 0.3 is 5.97 Å². The van der Waals surface area contributed by atoms with E-state index in [-0.39, 0.29) is 21.6 Å². The fourth-order valence-electron chi connectivity index (χ4n) is 9.87. The number of likely N-dealkylation sites (N-methyl/N-ethyl adjacent to an activating group) is 1. The fourth-order valence-corrected chi connectivity index (χ4v) is 18.2. The fraction of sp³-hybridized carbons (Fsp3) is 0.600. The molecule has 54 heavy (non-hydrogen) atoms. The highest BCUT2D eigenvalue weighted by Gasteiger charge is 2.66. The Morgan fingerprint density at radius 2 is 1.67 bits per heavy atom. The Morgan fingerprint density at radius 1 is 1.00 bits per heavy atom. The van der Waals surface area contributed by atoms with E-state index >= 15 is 0 Å². The standard InChI is InChI=1S/C45H66N2O5Si2/c1-16-17-25-53(13,14)43(8,9)52-54(15)26-24-44(54,10)41(4,5)29-40(2,3)39(48)50-33-20-18-31-19-23-37-38(34(31)27-33)46-30-45(51-37)42(6,7)35-28-32(49-12)21-22-36(35)47(45)11/h18-23,27-28,30H,16-17,24-26,29H2,1-15H3. The number of aliphatic imine (C=N–C) groups is 1. The summed E-state index contributed by atoms with van der Waals surface area (Å²) in [6.45, 7) is 30.1. The summed E-state index contributed by atoms with van der Waals surface area (Å²) in [6, 6.07) is 18.5. The van der Waals surface area contributed by atoms with Crippen LogP contribution < -0.4 is 19.1 Å². The van der Waals surface area contributed by atoms with E-state index in [2.05, 4.69) is 105 Å². The van der Waals surface area contributed by atoms with Crippen molar-refractivity contribution in [3.63, 3.8) is 0 Å². The van der Waals surface area contributed by atoms with Crippen molar-refractivity contribution in [1.82, 2.24) is 0 Å². The Hall–Kier alpha value is -3.15. The quantitative estimate of drug-likeness (QED) is 0.104. The summed E-state index contributed by atoms with van der Waals surface area (Å²) in [7, 11) is -0.000711. The SMILES string of the molecule is CCCC[Si](C)(C)C(C)(C)O[Si]1(C)CCC1(C)C(C)(C)CC(C)(C)C(=O)Oc1ccc2ccc3c(c2c1)N=CC1(O3)N(C)c2ccc(OC)cc2C1(C)C. The third kappa shape index (κ3) is 6.15. The molecule has 6 rings (SSSR count). The molecule has 1 spiro atoms. The second kappa shape index (κ2) is 13.2. The van der Waals surface area contributed by atoms with Crippen LogP contribution in [0.3, 0.4) is 0 Å². The molecule has 3 aliphatic rings. The van der Waals surface area contributed by atoms with Crippen LogP contribution in [-0.2, 0) is 14.6 Å². The molecule has 3 aliphatic heterocycles. The lowest BCUT2D eigenvalue weighted by Gasteiger charge is -2.65. The Morgan fingerprint density at radius 3 is 2.30 bits per heavy atom. The first-order valence-corrected chi connectivity index (χ1v) is 25.9. The molecule has 0 amide bonds. The van der Waals surface area contributed by atoms with Gasteiger partial charge in [0.2, 0.25) is 5.72 Å². The molecule has 0 saturated carbocycles. The van der Waals surface area contributed by atoms with Gasteiger partial charge in [0.05, 0.1) is 32.2 Å². The number of ether oxygens (including phenoxy) is 3. The summed E-state index contributed by atoms with van der Waals surface area (Å²) < 4.78 is 26.2. The molecule has 3 heterocycles. The molecule has 3 aromatic rings. The zero-order valence-corrected chi connectivity index (χ0v) is 37.9. The van der Waals surface area contributed by atoms with E-state index in [0.717, 1.165) is 39.9 Å². The van der Waals surface area contributed by atoms with Crippen LogP contribution in [0.15, 0.2) is 53.5 Å². The van der Waals surface area contributed by atoms with Crippen molar-refractivity contribution < 1.29 is 23.4 Å². The van der Waals surface area contributed by atoms with Crippen molar-refractivity contribution in [3.8, 4) is 17.2 Å². The van der Waals surface area contributed by atoms with E-state index in [9.17, 15) is 4.79 Å². The number of carbonyl (C=O) groups excluding carboxylic acids is 1. The van der Waals surface area contributed by atoms with Crippen molar-refractivity contribution in [2.75, 3.05) is 19.1 Å². The smallest absolute Gasteiger partial charge is 0.316 e. The van der Waals surface area contributed by atoms with Gasteiger partial charge in [-0.05, 0) is 125 Å².